The van der Waals surface area contributed by atoms with Crippen molar-refractivity contribution in [2.75, 3.05) is 19.6 Å². The molecule has 1 fully saturated rings. The summed E-state index contributed by atoms with van der Waals surface area (Å²) in [6.45, 7) is -0.118. The highest BCUT2D eigenvalue weighted by Gasteiger charge is 2.67. The van der Waals surface area contributed by atoms with Crippen LogP contribution in [-0.2, 0) is 0 Å². The van der Waals surface area contributed by atoms with E-state index in [9.17, 15) is 26.3 Å². The van der Waals surface area contributed by atoms with Crippen LogP contribution in [0.2, 0.25) is 0 Å². The van der Waals surface area contributed by atoms with Crippen LogP contribution in [0.5, 0.6) is 0 Å². The van der Waals surface area contributed by atoms with Crippen LogP contribution in [0.1, 0.15) is 0 Å². The fourth-order valence-corrected chi connectivity index (χ4v) is 1.42. The van der Waals surface area contributed by atoms with Crippen LogP contribution in [-0.4, -0.2) is 43.9 Å². The molecule has 1 aliphatic rings. The average Bonchev–Trinajstić information content (AvgIpc) is 2.16. The molecule has 2 unspecified atom stereocenters. The molecule has 15 heavy (non-hydrogen) atoms. The van der Waals surface area contributed by atoms with Crippen molar-refractivity contribution in [3.05, 3.63) is 0 Å². The number of hydrogen-bond donors (Lipinski definition) is 2. The molecule has 0 aliphatic carbocycles. The SMILES string of the molecule is FC(F)C(F)(C1CNCCN1)C(F)(F)F. The van der Waals surface area contributed by atoms with Gasteiger partial charge in [-0.25, -0.2) is 13.2 Å². The summed E-state index contributed by atoms with van der Waals surface area (Å²) >= 11 is 0. The van der Waals surface area contributed by atoms with Gasteiger partial charge in [-0.1, -0.05) is 0 Å². The van der Waals surface area contributed by atoms with Crippen LogP contribution in [0.15, 0.2) is 0 Å². The Bertz CT molecular complexity index is 212. The first kappa shape index (κ1) is 12.6. The zero-order chi connectivity index (χ0) is 11.7. The van der Waals surface area contributed by atoms with Gasteiger partial charge in [0.05, 0.1) is 6.04 Å². The van der Waals surface area contributed by atoms with Crippen molar-refractivity contribution in [1.29, 1.82) is 0 Å². The molecular weight excluding hydrogens is 226 g/mol. The molecule has 0 spiro atoms. The monoisotopic (exact) mass is 236 g/mol. The second-order valence-corrected chi connectivity index (χ2v) is 3.28. The molecule has 2 N–H and O–H groups in total. The van der Waals surface area contributed by atoms with Crippen LogP contribution >= 0.6 is 0 Å². The maximum absolute atomic E-state index is 13.3. The van der Waals surface area contributed by atoms with Crippen LogP contribution in [0, 0.1) is 0 Å². The zero-order valence-corrected chi connectivity index (χ0v) is 7.54. The van der Waals surface area contributed by atoms with E-state index in [0.717, 1.165) is 0 Å². The predicted molar refractivity (Wildman–Crippen MR) is 40.6 cm³/mol. The second-order valence-electron chi connectivity index (χ2n) is 3.28. The molecule has 2 atom stereocenters. The number of piperazine rings is 1. The quantitative estimate of drug-likeness (QED) is 0.701. The molecule has 1 aliphatic heterocycles. The Labute approximate surface area is 82.0 Å². The van der Waals surface area contributed by atoms with Crippen LogP contribution in [0.4, 0.5) is 26.3 Å². The number of rotatable bonds is 2. The van der Waals surface area contributed by atoms with Gasteiger partial charge in [0.1, 0.15) is 0 Å². The third-order valence-corrected chi connectivity index (χ3v) is 2.30. The Kier molecular flexibility index (Phi) is 3.49. The minimum absolute atomic E-state index is 0.0269. The maximum Gasteiger partial charge on any atom is 0.429 e. The zero-order valence-electron chi connectivity index (χ0n) is 7.54. The van der Waals surface area contributed by atoms with Gasteiger partial charge in [-0.3, -0.25) is 0 Å². The topological polar surface area (TPSA) is 24.1 Å². The summed E-state index contributed by atoms with van der Waals surface area (Å²) in [5.41, 5.74) is -4.50. The van der Waals surface area contributed by atoms with E-state index in [4.69, 9.17) is 0 Å². The lowest BCUT2D eigenvalue weighted by atomic mass is 9.94. The van der Waals surface area contributed by atoms with E-state index in [1.807, 2.05) is 0 Å². The lowest BCUT2D eigenvalue weighted by Crippen LogP contribution is -2.66. The van der Waals surface area contributed by atoms with E-state index < -0.39 is 30.9 Å². The molecule has 8 heteroatoms. The second kappa shape index (κ2) is 4.17. The van der Waals surface area contributed by atoms with Gasteiger partial charge in [0.15, 0.2) is 0 Å². The Hall–Kier alpha value is -0.500. The summed E-state index contributed by atoms with van der Waals surface area (Å²) < 4.78 is 74.4. The Morgan fingerprint density at radius 1 is 1.07 bits per heavy atom. The van der Waals surface area contributed by atoms with E-state index in [-0.39, 0.29) is 6.54 Å². The highest BCUT2D eigenvalue weighted by Crippen LogP contribution is 2.41. The number of halogens is 6. The number of hydrogen-bond acceptors (Lipinski definition) is 2. The van der Waals surface area contributed by atoms with Gasteiger partial charge in [0, 0.05) is 19.6 Å². The fourth-order valence-electron chi connectivity index (χ4n) is 1.42. The summed E-state index contributed by atoms with van der Waals surface area (Å²) in [6, 6.07) is -1.95. The van der Waals surface area contributed by atoms with Crippen LogP contribution in [0.25, 0.3) is 0 Å². The molecule has 2 nitrogen and oxygen atoms in total. The third kappa shape index (κ3) is 2.20. The molecule has 1 heterocycles. The highest BCUT2D eigenvalue weighted by atomic mass is 19.4. The lowest BCUT2D eigenvalue weighted by molar-refractivity contribution is -0.278. The highest BCUT2D eigenvalue weighted by molar-refractivity contribution is 5.02. The molecule has 1 saturated heterocycles. The van der Waals surface area contributed by atoms with Crippen molar-refractivity contribution in [3.63, 3.8) is 0 Å². The summed E-state index contributed by atoms with van der Waals surface area (Å²) in [6.07, 6.45) is -9.69. The maximum atomic E-state index is 13.3. The summed E-state index contributed by atoms with van der Waals surface area (Å²) in [5, 5.41) is 4.54. The standard InChI is InChI=1S/C7H10F6N2/c8-5(9)6(10,7(11,12)13)4-3-14-1-2-15-4/h4-5,14-15H,1-3H2. The van der Waals surface area contributed by atoms with Gasteiger partial charge < -0.3 is 10.6 Å². The summed E-state index contributed by atoms with van der Waals surface area (Å²) in [5.74, 6) is 0. The van der Waals surface area contributed by atoms with Crippen molar-refractivity contribution < 1.29 is 26.3 Å². The van der Waals surface area contributed by atoms with Gasteiger partial charge in [-0.05, 0) is 0 Å². The first-order chi connectivity index (χ1) is 6.80. The van der Waals surface area contributed by atoms with Crippen LogP contribution in [0.3, 0.4) is 0 Å². The summed E-state index contributed by atoms with van der Waals surface area (Å²) in [7, 11) is 0. The van der Waals surface area contributed by atoms with Crippen molar-refractivity contribution in [2.24, 2.45) is 0 Å². The molecule has 1 rings (SSSR count). The summed E-state index contributed by atoms with van der Waals surface area (Å²) in [4.78, 5) is 0. The molecule has 0 aromatic carbocycles. The normalized spacial score (nSPS) is 27.8. The average molecular weight is 236 g/mol. The molecule has 0 aromatic heterocycles. The van der Waals surface area contributed by atoms with Crippen LogP contribution < -0.4 is 10.6 Å². The van der Waals surface area contributed by atoms with E-state index in [1.54, 1.807) is 0 Å². The predicted octanol–water partition coefficient (Wildman–Crippen LogP) is 1.08. The van der Waals surface area contributed by atoms with Crippen molar-refractivity contribution in [1.82, 2.24) is 10.6 Å². The van der Waals surface area contributed by atoms with Gasteiger partial charge in [-0.15, -0.1) is 0 Å². The van der Waals surface area contributed by atoms with Gasteiger partial charge >= 0.3 is 6.18 Å². The molecular formula is C7H10F6N2. The number of alkyl halides is 6. The molecule has 90 valence electrons. The van der Waals surface area contributed by atoms with Gasteiger partial charge in [-0.2, -0.15) is 13.2 Å². The fraction of sp³-hybridized carbons (Fsp3) is 1.00. The van der Waals surface area contributed by atoms with Crippen molar-refractivity contribution in [3.8, 4) is 0 Å². The molecule has 0 amide bonds. The Morgan fingerprint density at radius 2 is 1.67 bits per heavy atom. The largest absolute Gasteiger partial charge is 0.429 e. The first-order valence-corrected chi connectivity index (χ1v) is 4.28. The lowest BCUT2D eigenvalue weighted by Gasteiger charge is -2.37. The molecule has 0 aromatic rings. The third-order valence-electron chi connectivity index (χ3n) is 2.30. The molecule has 0 bridgehead atoms. The van der Waals surface area contributed by atoms with E-state index >= 15 is 0 Å². The van der Waals surface area contributed by atoms with E-state index in [2.05, 4.69) is 10.6 Å². The molecule has 0 radical (unpaired) electrons. The minimum Gasteiger partial charge on any atom is -0.314 e. The minimum atomic E-state index is -5.59. The molecule has 0 saturated carbocycles. The van der Waals surface area contributed by atoms with Crippen molar-refractivity contribution >= 4 is 0 Å². The Morgan fingerprint density at radius 3 is 2.00 bits per heavy atom. The van der Waals surface area contributed by atoms with Gasteiger partial charge in [0.25, 0.3) is 12.1 Å². The van der Waals surface area contributed by atoms with Gasteiger partial charge in [0.2, 0.25) is 0 Å². The Balaban J connectivity index is 2.89. The first-order valence-electron chi connectivity index (χ1n) is 4.28. The smallest absolute Gasteiger partial charge is 0.314 e. The van der Waals surface area contributed by atoms with E-state index in [0.29, 0.717) is 6.54 Å². The van der Waals surface area contributed by atoms with Crippen molar-refractivity contribution in [2.45, 2.75) is 24.3 Å². The number of nitrogens with one attached hydrogen (secondary N) is 2. The van der Waals surface area contributed by atoms with E-state index in [1.165, 1.54) is 0 Å².